The van der Waals surface area contributed by atoms with E-state index in [1.807, 2.05) is 22.0 Å². The largest absolute Gasteiger partial charge is 0.356 e. The van der Waals surface area contributed by atoms with Crippen molar-refractivity contribution in [3.63, 3.8) is 0 Å². The van der Waals surface area contributed by atoms with E-state index >= 15 is 0 Å². The topological polar surface area (TPSA) is 93.7 Å². The maximum absolute atomic E-state index is 5.09. The van der Waals surface area contributed by atoms with Crippen LogP contribution in [0.25, 0.3) is 10.9 Å². The highest BCUT2D eigenvalue weighted by molar-refractivity contribution is 5.90. The van der Waals surface area contributed by atoms with Crippen LogP contribution in [-0.4, -0.2) is 65.7 Å². The molecule has 4 aromatic rings. The molecule has 0 N–H and O–H groups in total. The zero-order chi connectivity index (χ0) is 21.3. The van der Waals surface area contributed by atoms with Gasteiger partial charge in [-0.2, -0.15) is 15.2 Å². The number of fused-ring (bicyclic) bond motifs is 1. The molecule has 0 radical (unpaired) electrons. The second-order valence-corrected chi connectivity index (χ2v) is 8.55. The number of para-hydroxylation sites is 1. The molecule has 32 heavy (non-hydrogen) atoms. The smallest absolute Gasteiger partial charge is 0.227 e. The normalized spacial score (nSPS) is 18.5. The van der Waals surface area contributed by atoms with E-state index in [-0.39, 0.29) is 0 Å². The van der Waals surface area contributed by atoms with E-state index in [9.17, 15) is 0 Å². The zero-order valence-corrected chi connectivity index (χ0v) is 17.9. The van der Waals surface area contributed by atoms with E-state index in [4.69, 9.17) is 9.97 Å². The first kappa shape index (κ1) is 19.1. The molecule has 1 aromatic carbocycles. The van der Waals surface area contributed by atoms with Gasteiger partial charge in [0.25, 0.3) is 0 Å². The van der Waals surface area contributed by atoms with Crippen LogP contribution in [0.5, 0.6) is 0 Å². The van der Waals surface area contributed by atoms with Crippen LogP contribution in [0.2, 0.25) is 0 Å². The van der Waals surface area contributed by atoms with Crippen molar-refractivity contribution in [1.29, 1.82) is 0 Å². The van der Waals surface area contributed by atoms with Gasteiger partial charge in [0, 0.05) is 31.6 Å². The van der Waals surface area contributed by atoms with Crippen LogP contribution in [0.15, 0.2) is 49.6 Å². The maximum atomic E-state index is 5.09. The van der Waals surface area contributed by atoms with Crippen molar-refractivity contribution in [2.75, 3.05) is 36.0 Å². The highest BCUT2D eigenvalue weighted by Gasteiger charge is 2.26. The summed E-state index contributed by atoms with van der Waals surface area (Å²) in [6.07, 6.45) is 10.9. The number of benzene rings is 1. The molecule has 0 atom stereocenters. The Morgan fingerprint density at radius 3 is 1.88 bits per heavy atom. The van der Waals surface area contributed by atoms with Crippen LogP contribution >= 0.6 is 0 Å². The molecule has 0 saturated carbocycles. The Hall–Kier alpha value is -3.56. The first-order chi connectivity index (χ1) is 15.8. The molecule has 10 nitrogen and oxygen atoms in total. The maximum Gasteiger partial charge on any atom is 0.227 e. The Balaban J connectivity index is 1.24. The minimum Gasteiger partial charge on any atom is -0.356 e. The van der Waals surface area contributed by atoms with Crippen LogP contribution in [0.4, 0.5) is 11.8 Å². The number of rotatable bonds is 4. The highest BCUT2D eigenvalue weighted by Crippen LogP contribution is 2.32. The number of aromatic nitrogens is 8. The van der Waals surface area contributed by atoms with Gasteiger partial charge in [-0.05, 0) is 37.8 Å². The second-order valence-electron chi connectivity index (χ2n) is 8.55. The molecular formula is C22H26N10. The Kier molecular flexibility index (Phi) is 4.89. The minimum atomic E-state index is 0.393. The summed E-state index contributed by atoms with van der Waals surface area (Å²) in [5, 5.41) is 9.77. The van der Waals surface area contributed by atoms with Crippen molar-refractivity contribution in [1.82, 2.24) is 39.5 Å². The summed E-state index contributed by atoms with van der Waals surface area (Å²) in [6, 6.07) is 9.14. The molecule has 2 aliphatic heterocycles. The Morgan fingerprint density at radius 2 is 1.28 bits per heavy atom. The van der Waals surface area contributed by atoms with Crippen LogP contribution in [-0.2, 0) is 0 Å². The van der Waals surface area contributed by atoms with Crippen molar-refractivity contribution in [2.45, 2.75) is 37.8 Å². The van der Waals surface area contributed by atoms with E-state index < -0.39 is 0 Å². The molecule has 0 aliphatic carbocycles. The first-order valence-electron chi connectivity index (χ1n) is 11.3. The highest BCUT2D eigenvalue weighted by atomic mass is 15.4. The zero-order valence-electron chi connectivity index (χ0n) is 17.9. The average Bonchev–Trinajstić information content (AvgIpc) is 3.59. The van der Waals surface area contributed by atoms with Crippen molar-refractivity contribution in [3.8, 4) is 0 Å². The van der Waals surface area contributed by atoms with Gasteiger partial charge >= 0.3 is 0 Å². The van der Waals surface area contributed by atoms with E-state index in [1.165, 1.54) is 0 Å². The third-order valence-corrected chi connectivity index (χ3v) is 6.70. The van der Waals surface area contributed by atoms with Crippen molar-refractivity contribution in [2.24, 2.45) is 0 Å². The van der Waals surface area contributed by atoms with Crippen molar-refractivity contribution in [3.05, 3.63) is 49.6 Å². The van der Waals surface area contributed by atoms with Gasteiger partial charge in [0.2, 0.25) is 5.95 Å². The fourth-order valence-corrected chi connectivity index (χ4v) is 4.91. The lowest BCUT2D eigenvalue weighted by Gasteiger charge is -2.35. The number of hydrogen-bond acceptors (Lipinski definition) is 8. The summed E-state index contributed by atoms with van der Waals surface area (Å²) in [5.41, 5.74) is 1.00. The summed E-state index contributed by atoms with van der Waals surface area (Å²) in [5.74, 6) is 1.87. The van der Waals surface area contributed by atoms with Gasteiger partial charge in [-0.25, -0.2) is 24.3 Å². The molecule has 10 heteroatoms. The number of nitrogens with zero attached hydrogens (tertiary/aromatic N) is 10. The van der Waals surface area contributed by atoms with Crippen LogP contribution in [0.1, 0.15) is 37.8 Å². The Morgan fingerprint density at radius 1 is 0.688 bits per heavy atom. The molecule has 0 unspecified atom stereocenters. The Labute approximate surface area is 185 Å². The van der Waals surface area contributed by atoms with Crippen molar-refractivity contribution < 1.29 is 0 Å². The van der Waals surface area contributed by atoms with Gasteiger partial charge in [0.1, 0.15) is 31.1 Å². The lowest BCUT2D eigenvalue weighted by molar-refractivity contribution is 0.362. The quantitative estimate of drug-likeness (QED) is 0.488. The fourth-order valence-electron chi connectivity index (χ4n) is 4.91. The molecule has 5 heterocycles. The third kappa shape index (κ3) is 3.55. The van der Waals surface area contributed by atoms with Crippen molar-refractivity contribution >= 4 is 22.7 Å². The van der Waals surface area contributed by atoms with Gasteiger partial charge in [-0.3, -0.25) is 0 Å². The van der Waals surface area contributed by atoms with Gasteiger partial charge in [-0.1, -0.05) is 12.1 Å². The molecule has 3 aromatic heterocycles. The fraction of sp³-hybridized carbons (Fsp3) is 0.455. The number of anilines is 2. The van der Waals surface area contributed by atoms with Gasteiger partial charge < -0.3 is 9.80 Å². The van der Waals surface area contributed by atoms with E-state index in [0.29, 0.717) is 12.1 Å². The molecule has 164 valence electrons. The lowest BCUT2D eigenvalue weighted by Crippen LogP contribution is -2.38. The van der Waals surface area contributed by atoms with E-state index in [0.717, 1.165) is 74.5 Å². The summed E-state index contributed by atoms with van der Waals surface area (Å²) in [4.78, 5) is 22.9. The van der Waals surface area contributed by atoms with Gasteiger partial charge in [-0.15, -0.1) is 0 Å². The summed E-state index contributed by atoms with van der Waals surface area (Å²) in [6.45, 7) is 3.71. The third-order valence-electron chi connectivity index (χ3n) is 6.70. The Bertz CT molecular complexity index is 1160. The monoisotopic (exact) mass is 430 g/mol. The van der Waals surface area contributed by atoms with Gasteiger partial charge in [0.05, 0.1) is 17.6 Å². The second kappa shape index (κ2) is 8.18. The molecule has 2 saturated heterocycles. The van der Waals surface area contributed by atoms with Gasteiger partial charge in [0.15, 0.2) is 0 Å². The number of hydrogen-bond donors (Lipinski definition) is 0. The first-order valence-corrected chi connectivity index (χ1v) is 11.3. The number of piperidine rings is 2. The molecule has 6 rings (SSSR count). The molecule has 2 fully saturated rings. The standard InChI is InChI=1S/C22H26N10/c1-2-4-20-19(3-1)21(29-9-5-17(6-10-29)31-15-23-13-25-31)28-22(27-20)30-11-7-18(8-12-30)32-16-24-14-26-32/h1-4,13-18H,5-12H2. The SMILES string of the molecule is c1ccc2c(N3CCC(n4cncn4)CC3)nc(N3CCC(n4cncn4)CC3)nc2c1. The molecule has 2 aliphatic rings. The predicted octanol–water partition coefficient (Wildman–Crippen LogP) is 2.50. The molecule has 0 amide bonds. The van der Waals surface area contributed by atoms with Crippen LogP contribution in [0, 0.1) is 0 Å². The molecular weight excluding hydrogens is 404 g/mol. The predicted molar refractivity (Wildman–Crippen MR) is 121 cm³/mol. The van der Waals surface area contributed by atoms with Crippen LogP contribution in [0.3, 0.4) is 0 Å². The van der Waals surface area contributed by atoms with E-state index in [1.54, 1.807) is 12.7 Å². The average molecular weight is 431 g/mol. The lowest BCUT2D eigenvalue weighted by atomic mass is 10.0. The minimum absolute atomic E-state index is 0.393. The summed E-state index contributed by atoms with van der Waals surface area (Å²) in [7, 11) is 0. The summed E-state index contributed by atoms with van der Waals surface area (Å²) >= 11 is 0. The van der Waals surface area contributed by atoms with E-state index in [2.05, 4.69) is 54.2 Å². The molecule has 0 bridgehead atoms. The summed E-state index contributed by atoms with van der Waals surface area (Å²) < 4.78 is 3.96. The molecule has 0 spiro atoms. The van der Waals surface area contributed by atoms with Crippen LogP contribution < -0.4 is 9.80 Å².